The summed E-state index contributed by atoms with van der Waals surface area (Å²) in [5, 5.41) is 3.45. The summed E-state index contributed by atoms with van der Waals surface area (Å²) < 4.78 is 28.8. The van der Waals surface area contributed by atoms with Crippen LogP contribution in [-0.2, 0) is 22.9 Å². The van der Waals surface area contributed by atoms with Crippen LogP contribution < -0.4 is 5.32 Å². The first-order chi connectivity index (χ1) is 9.62. The van der Waals surface area contributed by atoms with Crippen LogP contribution >= 0.6 is 0 Å². The summed E-state index contributed by atoms with van der Waals surface area (Å²) in [5.74, 6) is 1.59. The summed E-state index contributed by atoms with van der Waals surface area (Å²) in [6, 6.07) is 2.67. The molecular formula is C14H22N2O3S. The molecule has 0 unspecified atom stereocenters. The lowest BCUT2D eigenvalue weighted by Gasteiger charge is -2.19. The molecule has 2 heterocycles. The van der Waals surface area contributed by atoms with Crippen molar-refractivity contribution in [1.29, 1.82) is 0 Å². The molecule has 0 spiro atoms. The molecule has 0 bridgehead atoms. The molecule has 0 atom stereocenters. The molecule has 1 aliphatic carbocycles. The molecule has 1 aromatic heterocycles. The number of nitrogens with zero attached hydrogens (tertiary/aromatic N) is 1. The van der Waals surface area contributed by atoms with Crippen LogP contribution in [0.25, 0.3) is 0 Å². The van der Waals surface area contributed by atoms with E-state index in [4.69, 9.17) is 4.42 Å². The minimum atomic E-state index is -2.83. The van der Waals surface area contributed by atoms with E-state index in [0.29, 0.717) is 18.3 Å². The molecule has 1 saturated carbocycles. The van der Waals surface area contributed by atoms with Crippen LogP contribution in [0.1, 0.15) is 30.6 Å². The summed E-state index contributed by atoms with van der Waals surface area (Å²) in [6.07, 6.45) is 4.99. The molecule has 2 aliphatic rings. The van der Waals surface area contributed by atoms with Crippen LogP contribution in [0.5, 0.6) is 0 Å². The standard InChI is InChI=1S/C14H22N2O3S/c17-20(18)8-1-5-16(6-9-20)11-12-4-7-19-14(12)10-15-13-2-3-13/h4,7,13,15H,1-3,5-6,8-11H2. The Hall–Kier alpha value is -0.850. The van der Waals surface area contributed by atoms with E-state index in [2.05, 4.69) is 10.2 Å². The summed E-state index contributed by atoms with van der Waals surface area (Å²) in [7, 11) is -2.83. The smallest absolute Gasteiger partial charge is 0.151 e. The molecule has 0 aromatic carbocycles. The third kappa shape index (κ3) is 3.84. The highest BCUT2D eigenvalue weighted by atomic mass is 32.2. The quantitative estimate of drug-likeness (QED) is 0.883. The Kier molecular flexibility index (Phi) is 4.14. The van der Waals surface area contributed by atoms with E-state index in [9.17, 15) is 8.42 Å². The Morgan fingerprint density at radius 1 is 1.30 bits per heavy atom. The van der Waals surface area contributed by atoms with Gasteiger partial charge in [-0.15, -0.1) is 0 Å². The van der Waals surface area contributed by atoms with E-state index >= 15 is 0 Å². The molecule has 20 heavy (non-hydrogen) atoms. The molecule has 0 radical (unpaired) electrons. The Balaban J connectivity index is 1.58. The van der Waals surface area contributed by atoms with Crippen molar-refractivity contribution in [2.75, 3.05) is 24.6 Å². The maximum atomic E-state index is 11.6. The van der Waals surface area contributed by atoms with E-state index in [0.717, 1.165) is 31.8 Å². The normalized spacial score (nSPS) is 23.6. The summed E-state index contributed by atoms with van der Waals surface area (Å²) >= 11 is 0. The lowest BCUT2D eigenvalue weighted by Crippen LogP contribution is -2.27. The zero-order chi connectivity index (χ0) is 14.0. The minimum absolute atomic E-state index is 0.278. The number of rotatable bonds is 5. The van der Waals surface area contributed by atoms with E-state index in [1.54, 1.807) is 6.26 Å². The Labute approximate surface area is 120 Å². The Bertz CT molecular complexity index is 549. The minimum Gasteiger partial charge on any atom is -0.468 e. The van der Waals surface area contributed by atoms with Crippen molar-refractivity contribution in [2.24, 2.45) is 0 Å². The van der Waals surface area contributed by atoms with Gasteiger partial charge >= 0.3 is 0 Å². The average molecular weight is 298 g/mol. The second-order valence-electron chi connectivity index (χ2n) is 5.81. The number of nitrogens with one attached hydrogen (secondary N) is 1. The van der Waals surface area contributed by atoms with Gasteiger partial charge in [0.2, 0.25) is 0 Å². The molecule has 112 valence electrons. The van der Waals surface area contributed by atoms with Crippen LogP contribution in [0.2, 0.25) is 0 Å². The predicted molar refractivity (Wildman–Crippen MR) is 77.1 cm³/mol. The zero-order valence-electron chi connectivity index (χ0n) is 11.7. The number of hydrogen-bond acceptors (Lipinski definition) is 5. The molecule has 1 saturated heterocycles. The maximum Gasteiger partial charge on any atom is 0.151 e. The van der Waals surface area contributed by atoms with Crippen molar-refractivity contribution in [3.05, 3.63) is 23.7 Å². The van der Waals surface area contributed by atoms with Gasteiger partial charge in [0.05, 0.1) is 24.3 Å². The van der Waals surface area contributed by atoms with Crippen molar-refractivity contribution < 1.29 is 12.8 Å². The van der Waals surface area contributed by atoms with Crippen LogP contribution in [0, 0.1) is 0 Å². The fourth-order valence-electron chi connectivity index (χ4n) is 2.58. The van der Waals surface area contributed by atoms with Crippen molar-refractivity contribution in [1.82, 2.24) is 10.2 Å². The SMILES string of the molecule is O=S1(=O)CCCN(Cc2ccoc2CNC2CC2)CC1. The Morgan fingerprint density at radius 3 is 2.95 bits per heavy atom. The third-order valence-electron chi connectivity index (χ3n) is 4.01. The Morgan fingerprint density at radius 2 is 2.15 bits per heavy atom. The third-order valence-corrected chi connectivity index (χ3v) is 5.72. The molecule has 1 aliphatic heterocycles. The second-order valence-corrected chi connectivity index (χ2v) is 8.11. The van der Waals surface area contributed by atoms with E-state index < -0.39 is 9.84 Å². The molecule has 6 heteroatoms. The van der Waals surface area contributed by atoms with Gasteiger partial charge in [-0.1, -0.05) is 0 Å². The average Bonchev–Trinajstić information content (AvgIpc) is 3.15. The maximum absolute atomic E-state index is 11.6. The van der Waals surface area contributed by atoms with Crippen molar-refractivity contribution in [3.8, 4) is 0 Å². The summed E-state index contributed by atoms with van der Waals surface area (Å²) in [6.45, 7) is 3.04. The fraction of sp³-hybridized carbons (Fsp3) is 0.714. The highest BCUT2D eigenvalue weighted by Crippen LogP contribution is 2.21. The first-order valence-corrected chi connectivity index (χ1v) is 9.16. The van der Waals surface area contributed by atoms with Crippen molar-refractivity contribution in [2.45, 2.75) is 38.4 Å². The van der Waals surface area contributed by atoms with Crippen molar-refractivity contribution in [3.63, 3.8) is 0 Å². The first-order valence-electron chi connectivity index (χ1n) is 7.34. The van der Waals surface area contributed by atoms with Gasteiger partial charge in [-0.3, -0.25) is 4.90 Å². The van der Waals surface area contributed by atoms with Crippen molar-refractivity contribution >= 4 is 9.84 Å². The van der Waals surface area contributed by atoms with Gasteiger partial charge in [0.1, 0.15) is 5.76 Å². The number of hydrogen-bond donors (Lipinski definition) is 1. The molecule has 0 amide bonds. The van der Waals surface area contributed by atoms with E-state index in [1.165, 1.54) is 18.4 Å². The van der Waals surface area contributed by atoms with E-state index in [1.807, 2.05) is 6.07 Å². The molecule has 3 rings (SSSR count). The van der Waals surface area contributed by atoms with Crippen LogP contribution in [0.4, 0.5) is 0 Å². The molecule has 2 fully saturated rings. The zero-order valence-corrected chi connectivity index (χ0v) is 12.5. The molecule has 1 aromatic rings. The van der Waals surface area contributed by atoms with Gasteiger partial charge in [0, 0.05) is 24.7 Å². The monoisotopic (exact) mass is 298 g/mol. The van der Waals surface area contributed by atoms with Gasteiger partial charge in [-0.2, -0.15) is 0 Å². The highest BCUT2D eigenvalue weighted by Gasteiger charge is 2.23. The topological polar surface area (TPSA) is 62.6 Å². The molecule has 1 N–H and O–H groups in total. The van der Waals surface area contributed by atoms with Gasteiger partial charge < -0.3 is 9.73 Å². The van der Waals surface area contributed by atoms with Gasteiger partial charge in [0.25, 0.3) is 0 Å². The first kappa shape index (κ1) is 14.1. The predicted octanol–water partition coefficient (Wildman–Crippen LogP) is 1.15. The van der Waals surface area contributed by atoms with Crippen LogP contribution in [0.15, 0.2) is 16.7 Å². The summed E-state index contributed by atoms with van der Waals surface area (Å²) in [5.41, 5.74) is 1.18. The molecule has 5 nitrogen and oxygen atoms in total. The van der Waals surface area contributed by atoms with E-state index in [-0.39, 0.29) is 5.75 Å². The number of furan rings is 1. The van der Waals surface area contributed by atoms with Gasteiger partial charge in [-0.25, -0.2) is 8.42 Å². The second kappa shape index (κ2) is 5.87. The lowest BCUT2D eigenvalue weighted by atomic mass is 10.2. The fourth-order valence-corrected chi connectivity index (χ4v) is 3.89. The largest absolute Gasteiger partial charge is 0.468 e. The molecular weight excluding hydrogens is 276 g/mol. The van der Waals surface area contributed by atoms with Crippen LogP contribution in [0.3, 0.4) is 0 Å². The van der Waals surface area contributed by atoms with Gasteiger partial charge in [0.15, 0.2) is 9.84 Å². The number of sulfone groups is 1. The lowest BCUT2D eigenvalue weighted by molar-refractivity contribution is 0.284. The summed E-state index contributed by atoms with van der Waals surface area (Å²) in [4.78, 5) is 2.22. The van der Waals surface area contributed by atoms with Gasteiger partial charge in [-0.05, 0) is 31.9 Å². The highest BCUT2D eigenvalue weighted by molar-refractivity contribution is 7.91. The van der Waals surface area contributed by atoms with Crippen LogP contribution in [-0.4, -0.2) is 44.0 Å².